The van der Waals surface area contributed by atoms with Crippen LogP contribution in [0.1, 0.15) is 20.1 Å². The van der Waals surface area contributed by atoms with Crippen LogP contribution in [-0.4, -0.2) is 49.9 Å². The number of aromatic nitrogens is 4. The highest BCUT2D eigenvalue weighted by Crippen LogP contribution is 2.43. The molecule has 0 bridgehead atoms. The zero-order valence-electron chi connectivity index (χ0n) is 11.8. The third-order valence-electron chi connectivity index (χ3n) is 3.79. The van der Waals surface area contributed by atoms with Gasteiger partial charge in [-0.25, -0.2) is 15.0 Å². The van der Waals surface area contributed by atoms with E-state index in [1.807, 2.05) is 0 Å². The van der Waals surface area contributed by atoms with E-state index in [9.17, 15) is 4.79 Å². The first-order valence-electron chi connectivity index (χ1n) is 6.79. The average molecular weight is 325 g/mol. The lowest BCUT2D eigenvalue weighted by Gasteiger charge is -2.23. The predicted octanol–water partition coefficient (Wildman–Crippen LogP) is 1.10. The Kier molecular flexibility index (Phi) is 2.99. The van der Waals surface area contributed by atoms with Crippen molar-refractivity contribution in [3.63, 3.8) is 0 Å². The molecule has 2 aliphatic rings. The van der Waals surface area contributed by atoms with Crippen LogP contribution in [0.25, 0.3) is 11.2 Å². The summed E-state index contributed by atoms with van der Waals surface area (Å²) in [5.74, 6) is -0.776. The highest BCUT2D eigenvalue weighted by atomic mass is 35.5. The molecule has 2 saturated heterocycles. The number of rotatable bonds is 2. The Morgan fingerprint density at radius 2 is 2.05 bits per heavy atom. The topological polar surface area (TPSA) is 88.4 Å². The molecule has 2 aliphatic heterocycles. The molecule has 0 radical (unpaired) electrons. The summed E-state index contributed by atoms with van der Waals surface area (Å²) in [5.41, 5.74) is 0.987. The van der Waals surface area contributed by atoms with Gasteiger partial charge in [0.2, 0.25) is 0 Å². The summed E-state index contributed by atoms with van der Waals surface area (Å²) >= 11 is 6.01. The zero-order chi connectivity index (χ0) is 15.5. The van der Waals surface area contributed by atoms with E-state index in [1.165, 1.54) is 6.33 Å². The van der Waals surface area contributed by atoms with E-state index in [0.29, 0.717) is 11.2 Å². The van der Waals surface area contributed by atoms with Crippen LogP contribution in [0.2, 0.25) is 5.15 Å². The van der Waals surface area contributed by atoms with Crippen molar-refractivity contribution >= 4 is 29.1 Å². The smallest absolute Gasteiger partial charge is 0.167 e. The lowest BCUT2D eigenvalue weighted by Crippen LogP contribution is -2.30. The second-order valence-electron chi connectivity index (χ2n) is 5.68. The van der Waals surface area contributed by atoms with Crippen molar-refractivity contribution in [2.75, 3.05) is 0 Å². The fourth-order valence-electron chi connectivity index (χ4n) is 2.95. The fourth-order valence-corrected chi connectivity index (χ4v) is 3.13. The van der Waals surface area contributed by atoms with Gasteiger partial charge < -0.3 is 19.0 Å². The van der Waals surface area contributed by atoms with Crippen LogP contribution in [0.4, 0.5) is 0 Å². The molecule has 0 spiro atoms. The van der Waals surface area contributed by atoms with Gasteiger partial charge in [0.15, 0.2) is 29.1 Å². The van der Waals surface area contributed by atoms with Gasteiger partial charge in [-0.05, 0) is 13.8 Å². The molecule has 9 heteroatoms. The highest BCUT2D eigenvalue weighted by Gasteiger charge is 2.56. The van der Waals surface area contributed by atoms with Crippen molar-refractivity contribution < 1.29 is 19.0 Å². The summed E-state index contributed by atoms with van der Waals surface area (Å²) in [5, 5.41) is 0.258. The molecule has 2 aromatic heterocycles. The largest absolute Gasteiger partial charge is 0.341 e. The Hall–Kier alpha value is -1.61. The number of fused-ring (bicyclic) bond motifs is 2. The van der Waals surface area contributed by atoms with Crippen molar-refractivity contribution in [1.29, 1.82) is 0 Å². The van der Waals surface area contributed by atoms with Gasteiger partial charge in [0.05, 0.1) is 6.33 Å². The maximum Gasteiger partial charge on any atom is 0.167 e. The quantitative estimate of drug-likeness (QED) is 0.603. The number of imidazole rings is 1. The normalized spacial score (nSPS) is 33.2. The first-order chi connectivity index (χ1) is 10.5. The number of nitrogens with zero attached hydrogens (tertiary/aromatic N) is 4. The van der Waals surface area contributed by atoms with Crippen molar-refractivity contribution in [2.45, 2.75) is 44.2 Å². The van der Waals surface area contributed by atoms with Crippen LogP contribution in [0, 0.1) is 0 Å². The first kappa shape index (κ1) is 14.0. The minimum atomic E-state index is -0.776. The molecule has 4 rings (SSSR count). The summed E-state index contributed by atoms with van der Waals surface area (Å²) in [6, 6.07) is 0. The van der Waals surface area contributed by atoms with Crippen LogP contribution in [-0.2, 0) is 19.0 Å². The molecule has 0 aliphatic carbocycles. The Morgan fingerprint density at radius 3 is 2.82 bits per heavy atom. The van der Waals surface area contributed by atoms with E-state index >= 15 is 0 Å². The molecule has 4 atom stereocenters. The summed E-state index contributed by atoms with van der Waals surface area (Å²) in [6.07, 6.45) is 1.45. The molecule has 116 valence electrons. The minimum Gasteiger partial charge on any atom is -0.341 e. The molecule has 0 aromatic carbocycles. The second-order valence-corrected chi connectivity index (χ2v) is 6.04. The van der Waals surface area contributed by atoms with Crippen molar-refractivity contribution in [2.24, 2.45) is 0 Å². The van der Waals surface area contributed by atoms with Crippen molar-refractivity contribution in [3.05, 3.63) is 17.8 Å². The van der Waals surface area contributed by atoms with Gasteiger partial charge in [0.1, 0.15) is 30.2 Å². The van der Waals surface area contributed by atoms with Crippen LogP contribution in [0.5, 0.6) is 0 Å². The van der Waals surface area contributed by atoms with E-state index in [0.717, 1.165) is 6.29 Å². The van der Waals surface area contributed by atoms with Gasteiger partial charge in [-0.1, -0.05) is 11.6 Å². The molecule has 0 N–H and O–H groups in total. The summed E-state index contributed by atoms with van der Waals surface area (Å²) in [7, 11) is 0. The van der Waals surface area contributed by atoms with Gasteiger partial charge >= 0.3 is 0 Å². The lowest BCUT2D eigenvalue weighted by atomic mass is 10.1. The lowest BCUT2D eigenvalue weighted by molar-refractivity contribution is -0.194. The van der Waals surface area contributed by atoms with Crippen LogP contribution in [0.15, 0.2) is 12.7 Å². The van der Waals surface area contributed by atoms with E-state index in [1.54, 1.807) is 24.7 Å². The van der Waals surface area contributed by atoms with Gasteiger partial charge in [0.25, 0.3) is 0 Å². The number of aldehydes is 1. The number of hydrogen-bond donors (Lipinski definition) is 0. The summed E-state index contributed by atoms with van der Waals surface area (Å²) in [4.78, 5) is 23.5. The van der Waals surface area contributed by atoms with E-state index in [-0.39, 0.29) is 5.15 Å². The number of hydrogen-bond acceptors (Lipinski definition) is 7. The fraction of sp³-hybridized carbons (Fsp3) is 0.538. The summed E-state index contributed by atoms with van der Waals surface area (Å²) in [6.45, 7) is 3.60. The Bertz CT molecular complexity index is 749. The average Bonchev–Trinajstić information content (AvgIpc) is 3.10. The van der Waals surface area contributed by atoms with E-state index in [2.05, 4.69) is 15.0 Å². The molecule has 0 saturated carbocycles. The first-order valence-corrected chi connectivity index (χ1v) is 7.17. The Morgan fingerprint density at radius 1 is 1.27 bits per heavy atom. The van der Waals surface area contributed by atoms with Crippen LogP contribution in [0.3, 0.4) is 0 Å². The third kappa shape index (κ3) is 1.95. The SMILES string of the molecule is CC1(C)O[C@@H]2[C@@H](O1)[C@H](n1cnc3c(Cl)ncnc31)O[C@H]2C=O. The maximum absolute atomic E-state index is 11.3. The van der Waals surface area contributed by atoms with Gasteiger partial charge in [0, 0.05) is 0 Å². The van der Waals surface area contributed by atoms with Gasteiger partial charge in [-0.3, -0.25) is 4.57 Å². The number of carbonyl (C=O) groups is 1. The monoisotopic (exact) mass is 324 g/mol. The third-order valence-corrected chi connectivity index (χ3v) is 4.06. The molecule has 4 heterocycles. The minimum absolute atomic E-state index is 0.258. The molecular formula is C13H13ClN4O4. The highest BCUT2D eigenvalue weighted by molar-refractivity contribution is 6.33. The maximum atomic E-state index is 11.3. The van der Waals surface area contributed by atoms with E-state index < -0.39 is 30.3 Å². The second kappa shape index (κ2) is 4.69. The number of halogens is 1. The van der Waals surface area contributed by atoms with Crippen molar-refractivity contribution in [3.8, 4) is 0 Å². The molecule has 22 heavy (non-hydrogen) atoms. The van der Waals surface area contributed by atoms with Gasteiger partial charge in [-0.2, -0.15) is 0 Å². The number of carbonyl (C=O) groups excluding carboxylic acids is 1. The van der Waals surface area contributed by atoms with Gasteiger partial charge in [-0.15, -0.1) is 0 Å². The van der Waals surface area contributed by atoms with Crippen LogP contribution >= 0.6 is 11.6 Å². The molecule has 8 nitrogen and oxygen atoms in total. The van der Waals surface area contributed by atoms with Crippen LogP contribution < -0.4 is 0 Å². The standard InChI is InChI=1S/C13H13ClN4O4/c1-13(2)21-8-6(3-19)20-12(9(8)22-13)18-5-17-7-10(14)15-4-16-11(7)18/h3-6,8-9,12H,1-2H3/t6-,8-,9+,12+/m0/s1. The molecule has 0 amide bonds. The Balaban J connectivity index is 1.78. The predicted molar refractivity (Wildman–Crippen MR) is 74.1 cm³/mol. The van der Waals surface area contributed by atoms with Crippen molar-refractivity contribution in [1.82, 2.24) is 19.5 Å². The number of ether oxygens (including phenoxy) is 3. The molecule has 2 aromatic rings. The molecular weight excluding hydrogens is 312 g/mol. The molecule has 0 unspecified atom stereocenters. The summed E-state index contributed by atoms with van der Waals surface area (Å²) < 4.78 is 19.1. The molecule has 2 fully saturated rings. The van der Waals surface area contributed by atoms with E-state index in [4.69, 9.17) is 25.8 Å². The zero-order valence-corrected chi connectivity index (χ0v) is 12.6. The Labute approximate surface area is 130 Å².